The van der Waals surface area contributed by atoms with E-state index in [0.717, 1.165) is 67.6 Å². The van der Waals surface area contributed by atoms with E-state index < -0.39 is 0 Å². The lowest BCUT2D eigenvalue weighted by Crippen LogP contribution is -2.49. The third-order valence-corrected chi connectivity index (χ3v) is 5.82. The summed E-state index contributed by atoms with van der Waals surface area (Å²) in [6.45, 7) is 11.2. The molecule has 2 aliphatic rings. The quantitative estimate of drug-likeness (QED) is 0.791. The van der Waals surface area contributed by atoms with Gasteiger partial charge < -0.3 is 19.6 Å². The molecule has 0 spiro atoms. The summed E-state index contributed by atoms with van der Waals surface area (Å²) in [6, 6.07) is 8.15. The Morgan fingerprint density at radius 1 is 0.759 bits per heavy atom. The van der Waals surface area contributed by atoms with Crippen molar-refractivity contribution in [1.82, 2.24) is 19.8 Å². The van der Waals surface area contributed by atoms with Crippen molar-refractivity contribution in [3.05, 3.63) is 47.3 Å². The third-order valence-electron chi connectivity index (χ3n) is 5.82. The van der Waals surface area contributed by atoms with Gasteiger partial charge in [0.25, 0.3) is 5.91 Å². The van der Waals surface area contributed by atoms with E-state index in [1.807, 2.05) is 30.9 Å². The number of anilines is 2. The van der Waals surface area contributed by atoms with Gasteiger partial charge in [0, 0.05) is 64.0 Å². The zero-order chi connectivity index (χ0) is 20.4. The van der Waals surface area contributed by atoms with E-state index >= 15 is 0 Å². The number of rotatable bonds is 3. The zero-order valence-corrected chi connectivity index (χ0v) is 17.6. The van der Waals surface area contributed by atoms with E-state index in [4.69, 9.17) is 0 Å². The first-order valence-corrected chi connectivity index (χ1v) is 10.4. The van der Waals surface area contributed by atoms with Crippen LogP contribution in [0.2, 0.25) is 0 Å². The molecule has 1 aromatic carbocycles. The molecule has 4 rings (SSSR count). The molecule has 154 valence electrons. The Hall–Kier alpha value is -2.67. The highest BCUT2D eigenvalue weighted by Gasteiger charge is 2.24. The molecule has 2 fully saturated rings. The number of hydrogen-bond donors (Lipinski definition) is 0. The normalized spacial score (nSPS) is 18.2. The predicted octanol–water partition coefficient (Wildman–Crippen LogP) is 1.81. The SMILES string of the molecule is Cc1cc(C)cc(C(=O)N2CCN(c3cc(N4CCN(C)CC4)ncn3)CC2)c1. The van der Waals surface area contributed by atoms with Crippen molar-refractivity contribution in [2.24, 2.45) is 0 Å². The first-order valence-electron chi connectivity index (χ1n) is 10.4. The van der Waals surface area contributed by atoms with Gasteiger partial charge in [0.15, 0.2) is 0 Å². The van der Waals surface area contributed by atoms with Crippen LogP contribution in [0, 0.1) is 13.8 Å². The minimum absolute atomic E-state index is 0.122. The maximum Gasteiger partial charge on any atom is 0.253 e. The van der Waals surface area contributed by atoms with Crippen LogP contribution in [0.25, 0.3) is 0 Å². The molecule has 0 N–H and O–H groups in total. The number of nitrogens with zero attached hydrogens (tertiary/aromatic N) is 6. The summed E-state index contributed by atoms with van der Waals surface area (Å²) in [4.78, 5) is 30.8. The molecule has 2 aromatic rings. The van der Waals surface area contributed by atoms with Gasteiger partial charge in [0.2, 0.25) is 0 Å². The highest BCUT2D eigenvalue weighted by atomic mass is 16.2. The number of benzene rings is 1. The molecule has 0 saturated carbocycles. The van der Waals surface area contributed by atoms with E-state index in [1.165, 1.54) is 0 Å². The van der Waals surface area contributed by atoms with Crippen molar-refractivity contribution < 1.29 is 4.79 Å². The predicted molar refractivity (Wildman–Crippen MR) is 116 cm³/mol. The second-order valence-corrected chi connectivity index (χ2v) is 8.18. The average molecular weight is 395 g/mol. The molecule has 0 radical (unpaired) electrons. The summed E-state index contributed by atoms with van der Waals surface area (Å²) >= 11 is 0. The van der Waals surface area contributed by atoms with Crippen molar-refractivity contribution in [1.29, 1.82) is 0 Å². The topological polar surface area (TPSA) is 55.8 Å². The standard InChI is InChI=1S/C22H30N6O/c1-17-12-18(2)14-19(13-17)22(29)28-10-8-27(9-11-28)21-15-20(23-16-24-21)26-6-4-25(3)5-7-26/h12-16H,4-11H2,1-3H3. The van der Waals surface area contributed by atoms with Gasteiger partial charge in [0.05, 0.1) is 0 Å². The fourth-order valence-corrected chi connectivity index (χ4v) is 4.14. The maximum atomic E-state index is 12.9. The number of aromatic nitrogens is 2. The highest BCUT2D eigenvalue weighted by Crippen LogP contribution is 2.21. The maximum absolute atomic E-state index is 12.9. The summed E-state index contributed by atoms with van der Waals surface area (Å²) in [5.74, 6) is 2.07. The largest absolute Gasteiger partial charge is 0.354 e. The molecule has 0 atom stereocenters. The number of aryl methyl sites for hydroxylation is 2. The number of piperazine rings is 2. The second-order valence-electron chi connectivity index (χ2n) is 8.18. The number of hydrogen-bond acceptors (Lipinski definition) is 6. The Kier molecular flexibility index (Phi) is 5.67. The minimum Gasteiger partial charge on any atom is -0.354 e. The summed E-state index contributed by atoms with van der Waals surface area (Å²) in [5, 5.41) is 0. The van der Waals surface area contributed by atoms with Crippen LogP contribution in [-0.2, 0) is 0 Å². The number of carbonyl (C=O) groups is 1. The van der Waals surface area contributed by atoms with Crippen LogP contribution in [0.4, 0.5) is 11.6 Å². The van der Waals surface area contributed by atoms with Crippen LogP contribution in [0.1, 0.15) is 21.5 Å². The van der Waals surface area contributed by atoms with Crippen LogP contribution >= 0.6 is 0 Å². The molecule has 0 aliphatic carbocycles. The molecule has 7 heteroatoms. The van der Waals surface area contributed by atoms with E-state index in [9.17, 15) is 4.79 Å². The molecule has 1 amide bonds. The van der Waals surface area contributed by atoms with Crippen LogP contribution in [0.3, 0.4) is 0 Å². The van der Waals surface area contributed by atoms with Crippen LogP contribution in [0.5, 0.6) is 0 Å². The Morgan fingerprint density at radius 2 is 1.28 bits per heavy atom. The summed E-state index contributed by atoms with van der Waals surface area (Å²) < 4.78 is 0. The molecule has 2 aliphatic heterocycles. The van der Waals surface area contributed by atoms with Gasteiger partial charge in [-0.05, 0) is 33.0 Å². The molecule has 3 heterocycles. The lowest BCUT2D eigenvalue weighted by atomic mass is 10.1. The molecule has 7 nitrogen and oxygen atoms in total. The number of carbonyl (C=O) groups excluding carboxylic acids is 1. The molecular weight excluding hydrogens is 364 g/mol. The number of amides is 1. The van der Waals surface area contributed by atoms with Crippen molar-refractivity contribution in [2.45, 2.75) is 13.8 Å². The molecule has 2 saturated heterocycles. The Labute approximate surface area is 172 Å². The first kappa shape index (κ1) is 19.6. The van der Waals surface area contributed by atoms with Crippen LogP contribution in [-0.4, -0.2) is 85.1 Å². The van der Waals surface area contributed by atoms with Crippen molar-refractivity contribution in [2.75, 3.05) is 69.2 Å². The summed E-state index contributed by atoms with van der Waals surface area (Å²) in [6.07, 6.45) is 1.66. The minimum atomic E-state index is 0.122. The van der Waals surface area contributed by atoms with E-state index in [0.29, 0.717) is 13.1 Å². The Bertz CT molecular complexity index is 849. The van der Waals surface area contributed by atoms with Crippen molar-refractivity contribution in [3.63, 3.8) is 0 Å². The van der Waals surface area contributed by atoms with Gasteiger partial charge >= 0.3 is 0 Å². The van der Waals surface area contributed by atoms with E-state index in [-0.39, 0.29) is 5.91 Å². The van der Waals surface area contributed by atoms with Crippen molar-refractivity contribution in [3.8, 4) is 0 Å². The van der Waals surface area contributed by atoms with Crippen LogP contribution in [0.15, 0.2) is 30.6 Å². The lowest BCUT2D eigenvalue weighted by molar-refractivity contribution is 0.0746. The van der Waals surface area contributed by atoms with Crippen molar-refractivity contribution >= 4 is 17.5 Å². The highest BCUT2D eigenvalue weighted by molar-refractivity contribution is 5.94. The monoisotopic (exact) mass is 394 g/mol. The molecular formula is C22H30N6O. The second kappa shape index (κ2) is 8.37. The van der Waals surface area contributed by atoms with E-state index in [2.05, 4.69) is 43.8 Å². The summed E-state index contributed by atoms with van der Waals surface area (Å²) in [7, 11) is 2.15. The third kappa shape index (κ3) is 4.50. The zero-order valence-electron chi connectivity index (χ0n) is 17.6. The lowest BCUT2D eigenvalue weighted by Gasteiger charge is -2.36. The molecule has 0 bridgehead atoms. The fraction of sp³-hybridized carbons (Fsp3) is 0.500. The molecule has 1 aromatic heterocycles. The van der Waals surface area contributed by atoms with Crippen LogP contribution < -0.4 is 9.80 Å². The van der Waals surface area contributed by atoms with Gasteiger partial charge in [-0.25, -0.2) is 9.97 Å². The number of likely N-dealkylation sites (N-methyl/N-ethyl adjacent to an activating group) is 1. The van der Waals surface area contributed by atoms with Gasteiger partial charge in [-0.15, -0.1) is 0 Å². The molecule has 29 heavy (non-hydrogen) atoms. The Morgan fingerprint density at radius 3 is 1.83 bits per heavy atom. The first-order chi connectivity index (χ1) is 14.0. The van der Waals surface area contributed by atoms with Gasteiger partial charge in [-0.2, -0.15) is 0 Å². The molecule has 0 unspecified atom stereocenters. The fourth-order valence-electron chi connectivity index (χ4n) is 4.14. The van der Waals surface area contributed by atoms with Gasteiger partial charge in [-0.3, -0.25) is 4.79 Å². The summed E-state index contributed by atoms with van der Waals surface area (Å²) in [5.41, 5.74) is 3.05. The Balaban J connectivity index is 1.39. The smallest absolute Gasteiger partial charge is 0.253 e. The van der Waals surface area contributed by atoms with Gasteiger partial charge in [-0.1, -0.05) is 17.2 Å². The average Bonchev–Trinajstić information content (AvgIpc) is 2.73. The van der Waals surface area contributed by atoms with Gasteiger partial charge in [0.1, 0.15) is 18.0 Å². The van der Waals surface area contributed by atoms with E-state index in [1.54, 1.807) is 6.33 Å².